The number of benzene rings is 1. The monoisotopic (exact) mass is 352 g/mol. The number of aromatic nitrogens is 2. The van der Waals surface area contributed by atoms with Gasteiger partial charge in [0.1, 0.15) is 11.6 Å². The predicted octanol–water partition coefficient (Wildman–Crippen LogP) is 3.91. The Hall–Kier alpha value is -3.35. The summed E-state index contributed by atoms with van der Waals surface area (Å²) in [5.74, 6) is 1.64. The molecule has 0 bridgehead atoms. The van der Waals surface area contributed by atoms with Crippen molar-refractivity contribution in [3.05, 3.63) is 65.7 Å². The van der Waals surface area contributed by atoms with Crippen LogP contribution in [0.3, 0.4) is 0 Å². The molecular weight excluding hydrogens is 332 g/mol. The number of carbonyl (C=O) groups excluding carboxylic acids is 1. The van der Waals surface area contributed by atoms with E-state index >= 15 is 0 Å². The number of hydrogen-bond donors (Lipinski definition) is 2. The van der Waals surface area contributed by atoms with Gasteiger partial charge in [-0.2, -0.15) is 4.98 Å². The van der Waals surface area contributed by atoms with E-state index in [2.05, 4.69) is 20.6 Å². The van der Waals surface area contributed by atoms with Crippen LogP contribution in [0.5, 0.6) is 0 Å². The average Bonchev–Trinajstić information content (AvgIpc) is 3.14. The lowest BCUT2D eigenvalue weighted by Crippen LogP contribution is -2.06. The van der Waals surface area contributed by atoms with Gasteiger partial charge in [0.2, 0.25) is 5.95 Å². The van der Waals surface area contributed by atoms with Gasteiger partial charge < -0.3 is 19.8 Å². The molecule has 0 unspecified atom stereocenters. The molecule has 0 radical (unpaired) electrons. The van der Waals surface area contributed by atoms with Crippen LogP contribution < -0.4 is 10.6 Å². The lowest BCUT2D eigenvalue weighted by atomic mass is 10.2. The molecular formula is C19H20N4O3. The molecule has 3 aromatic rings. The minimum atomic E-state index is -0.332. The molecule has 0 aliphatic carbocycles. The summed E-state index contributed by atoms with van der Waals surface area (Å²) >= 11 is 0. The Morgan fingerprint density at radius 2 is 2.00 bits per heavy atom. The Balaban J connectivity index is 1.68. The number of ether oxygens (including phenoxy) is 1. The van der Waals surface area contributed by atoms with Gasteiger partial charge in [0.15, 0.2) is 0 Å². The summed E-state index contributed by atoms with van der Waals surface area (Å²) in [6.07, 6.45) is 1.63. The number of esters is 1. The number of aryl methyl sites for hydroxylation is 1. The van der Waals surface area contributed by atoms with E-state index in [1.165, 1.54) is 0 Å². The fourth-order valence-corrected chi connectivity index (χ4v) is 2.34. The summed E-state index contributed by atoms with van der Waals surface area (Å²) < 4.78 is 10.3. The van der Waals surface area contributed by atoms with Crippen LogP contribution in [-0.4, -0.2) is 22.5 Å². The molecule has 0 saturated heterocycles. The molecule has 134 valence electrons. The molecule has 0 atom stereocenters. The van der Waals surface area contributed by atoms with Crippen molar-refractivity contribution in [1.82, 2.24) is 9.97 Å². The zero-order chi connectivity index (χ0) is 18.4. The minimum absolute atomic E-state index is 0.332. The maximum Gasteiger partial charge on any atom is 0.338 e. The Bertz CT molecular complexity index is 861. The van der Waals surface area contributed by atoms with Crippen molar-refractivity contribution in [3.8, 4) is 0 Å². The van der Waals surface area contributed by atoms with Crippen LogP contribution in [0.25, 0.3) is 0 Å². The van der Waals surface area contributed by atoms with Gasteiger partial charge in [-0.1, -0.05) is 0 Å². The van der Waals surface area contributed by atoms with Crippen LogP contribution in [0, 0.1) is 6.92 Å². The number of anilines is 3. The quantitative estimate of drug-likeness (QED) is 0.623. The first-order chi connectivity index (χ1) is 12.6. The number of nitrogens with zero attached hydrogens (tertiary/aromatic N) is 2. The number of carbonyl (C=O) groups is 1. The van der Waals surface area contributed by atoms with E-state index in [1.54, 1.807) is 37.5 Å². The van der Waals surface area contributed by atoms with Crippen LogP contribution in [0.1, 0.15) is 28.7 Å². The summed E-state index contributed by atoms with van der Waals surface area (Å²) in [5, 5.41) is 6.34. The Kier molecular flexibility index (Phi) is 5.48. The third kappa shape index (κ3) is 4.60. The van der Waals surface area contributed by atoms with E-state index in [9.17, 15) is 4.79 Å². The van der Waals surface area contributed by atoms with Gasteiger partial charge in [0.25, 0.3) is 0 Å². The lowest BCUT2D eigenvalue weighted by molar-refractivity contribution is 0.0526. The fourth-order valence-electron chi connectivity index (χ4n) is 2.34. The number of rotatable bonds is 7. The topological polar surface area (TPSA) is 89.3 Å². The van der Waals surface area contributed by atoms with Gasteiger partial charge in [0, 0.05) is 17.4 Å². The second kappa shape index (κ2) is 8.15. The summed E-state index contributed by atoms with van der Waals surface area (Å²) in [4.78, 5) is 20.5. The number of hydrogen-bond acceptors (Lipinski definition) is 7. The molecule has 0 saturated carbocycles. The van der Waals surface area contributed by atoms with Crippen molar-refractivity contribution in [2.24, 2.45) is 0 Å². The molecule has 2 aromatic heterocycles. The minimum Gasteiger partial charge on any atom is -0.467 e. The van der Waals surface area contributed by atoms with Crippen molar-refractivity contribution >= 4 is 23.4 Å². The number of nitrogens with one attached hydrogen (secondary N) is 2. The molecule has 7 heteroatoms. The highest BCUT2D eigenvalue weighted by molar-refractivity contribution is 5.89. The summed E-state index contributed by atoms with van der Waals surface area (Å²) in [6.45, 7) is 4.54. The molecule has 0 fully saturated rings. The van der Waals surface area contributed by atoms with Crippen molar-refractivity contribution < 1.29 is 13.9 Å². The van der Waals surface area contributed by atoms with E-state index in [4.69, 9.17) is 9.15 Å². The standard InChI is InChI=1S/C19H20N4O3/c1-3-25-18(24)14-6-8-15(9-7-14)22-17-11-13(2)21-19(23-17)20-12-16-5-4-10-26-16/h4-11H,3,12H2,1-2H3,(H2,20,21,22,23). The Labute approximate surface area is 151 Å². The van der Waals surface area contributed by atoms with Crippen LogP contribution in [0.2, 0.25) is 0 Å². The predicted molar refractivity (Wildman–Crippen MR) is 98.5 cm³/mol. The van der Waals surface area contributed by atoms with Crippen LogP contribution in [0.15, 0.2) is 53.1 Å². The van der Waals surface area contributed by atoms with Crippen molar-refractivity contribution in [1.29, 1.82) is 0 Å². The molecule has 0 aliphatic heterocycles. The number of furan rings is 1. The molecule has 0 amide bonds. The normalized spacial score (nSPS) is 10.4. The van der Waals surface area contributed by atoms with Crippen molar-refractivity contribution in [2.75, 3.05) is 17.2 Å². The third-order valence-corrected chi connectivity index (χ3v) is 3.52. The molecule has 3 rings (SSSR count). The molecule has 2 N–H and O–H groups in total. The van der Waals surface area contributed by atoms with Crippen LogP contribution in [-0.2, 0) is 11.3 Å². The summed E-state index contributed by atoms with van der Waals surface area (Å²) in [7, 11) is 0. The fraction of sp³-hybridized carbons (Fsp3) is 0.211. The van der Waals surface area contributed by atoms with E-state index in [1.807, 2.05) is 25.1 Å². The van der Waals surface area contributed by atoms with Gasteiger partial charge in [-0.3, -0.25) is 0 Å². The maximum atomic E-state index is 11.7. The zero-order valence-corrected chi connectivity index (χ0v) is 14.7. The van der Waals surface area contributed by atoms with Crippen molar-refractivity contribution in [2.45, 2.75) is 20.4 Å². The highest BCUT2D eigenvalue weighted by atomic mass is 16.5. The molecule has 2 heterocycles. The lowest BCUT2D eigenvalue weighted by Gasteiger charge is -2.10. The zero-order valence-electron chi connectivity index (χ0n) is 14.7. The molecule has 26 heavy (non-hydrogen) atoms. The van der Waals surface area contributed by atoms with E-state index < -0.39 is 0 Å². The third-order valence-electron chi connectivity index (χ3n) is 3.52. The molecule has 0 aliphatic rings. The highest BCUT2D eigenvalue weighted by Crippen LogP contribution is 2.18. The first-order valence-corrected chi connectivity index (χ1v) is 8.30. The van der Waals surface area contributed by atoms with Gasteiger partial charge >= 0.3 is 5.97 Å². The van der Waals surface area contributed by atoms with Crippen LogP contribution in [0.4, 0.5) is 17.5 Å². The first kappa shape index (κ1) is 17.5. The first-order valence-electron chi connectivity index (χ1n) is 8.30. The second-order valence-corrected chi connectivity index (χ2v) is 5.57. The van der Waals surface area contributed by atoms with Gasteiger partial charge in [-0.15, -0.1) is 0 Å². The Morgan fingerprint density at radius 3 is 2.69 bits per heavy atom. The van der Waals surface area contributed by atoms with E-state index in [-0.39, 0.29) is 5.97 Å². The largest absolute Gasteiger partial charge is 0.467 e. The molecule has 1 aromatic carbocycles. The average molecular weight is 352 g/mol. The molecule has 0 spiro atoms. The van der Waals surface area contributed by atoms with E-state index in [0.717, 1.165) is 17.1 Å². The van der Waals surface area contributed by atoms with Gasteiger partial charge in [-0.05, 0) is 50.2 Å². The molecule has 7 nitrogen and oxygen atoms in total. The van der Waals surface area contributed by atoms with Gasteiger partial charge in [-0.25, -0.2) is 9.78 Å². The van der Waals surface area contributed by atoms with Crippen molar-refractivity contribution in [3.63, 3.8) is 0 Å². The van der Waals surface area contributed by atoms with Crippen LogP contribution >= 0.6 is 0 Å². The maximum absolute atomic E-state index is 11.7. The smallest absolute Gasteiger partial charge is 0.338 e. The Morgan fingerprint density at radius 1 is 1.19 bits per heavy atom. The summed E-state index contributed by atoms with van der Waals surface area (Å²) in [5.41, 5.74) is 2.15. The highest BCUT2D eigenvalue weighted by Gasteiger charge is 2.07. The van der Waals surface area contributed by atoms with Gasteiger partial charge in [0.05, 0.1) is 25.0 Å². The second-order valence-electron chi connectivity index (χ2n) is 5.57. The van der Waals surface area contributed by atoms with E-state index in [0.29, 0.717) is 30.5 Å². The SMILES string of the molecule is CCOC(=O)c1ccc(Nc2cc(C)nc(NCc3ccco3)n2)cc1. The summed E-state index contributed by atoms with van der Waals surface area (Å²) in [6, 6.07) is 12.6.